The Hall–Kier alpha value is -7.37. The molecule has 3 aromatic heterocycles. The predicted molar refractivity (Wildman–Crippen MR) is 219 cm³/mol. The van der Waals surface area contributed by atoms with Crippen LogP contribution in [0.2, 0.25) is 0 Å². The van der Waals surface area contributed by atoms with E-state index in [1.807, 2.05) is 91.3 Å². The molecule has 9 aromatic rings. The summed E-state index contributed by atoms with van der Waals surface area (Å²) in [5, 5.41) is 0. The molecule has 0 unspecified atom stereocenters. The molecule has 3 heterocycles. The molecule has 0 saturated heterocycles. The average molecular weight is 692 g/mol. The van der Waals surface area contributed by atoms with E-state index in [0.717, 1.165) is 72.6 Å². The molecule has 0 radical (unpaired) electrons. The Kier molecular flexibility index (Phi) is 8.86. The van der Waals surface area contributed by atoms with Crippen LogP contribution in [-0.4, -0.2) is 24.9 Å². The van der Waals surface area contributed by atoms with Gasteiger partial charge in [0, 0.05) is 40.2 Å². The van der Waals surface area contributed by atoms with Gasteiger partial charge in [-0.05, 0) is 75.8 Å². The SMILES string of the molecule is c1ccc(-c2cc(-c3cccc(-c4ccncc4)c3)cc(-c3cccc(-c4cccc(-c5nc(-c6ccccc6)nc(-c6ccccc6)n5)c4)c3)n2)cc1. The summed E-state index contributed by atoms with van der Waals surface area (Å²) in [4.78, 5) is 24.2. The van der Waals surface area contributed by atoms with Gasteiger partial charge in [-0.3, -0.25) is 4.98 Å². The van der Waals surface area contributed by atoms with Crippen LogP contribution in [0, 0.1) is 0 Å². The van der Waals surface area contributed by atoms with Crippen molar-refractivity contribution in [3.63, 3.8) is 0 Å². The molecule has 0 fully saturated rings. The summed E-state index contributed by atoms with van der Waals surface area (Å²) in [6, 6.07) is 64.6. The Morgan fingerprint density at radius 1 is 0.222 bits per heavy atom. The Labute approximate surface area is 314 Å². The van der Waals surface area contributed by atoms with Crippen molar-refractivity contribution in [2.24, 2.45) is 0 Å². The zero-order valence-corrected chi connectivity index (χ0v) is 29.3. The largest absolute Gasteiger partial charge is 0.265 e. The number of aromatic nitrogens is 5. The van der Waals surface area contributed by atoms with Crippen LogP contribution >= 0.6 is 0 Å². The molecule has 9 rings (SSSR count). The minimum atomic E-state index is 0.622. The summed E-state index contributed by atoms with van der Waals surface area (Å²) in [6.45, 7) is 0. The van der Waals surface area contributed by atoms with Crippen LogP contribution in [0.5, 0.6) is 0 Å². The topological polar surface area (TPSA) is 64.5 Å². The van der Waals surface area contributed by atoms with Crippen molar-refractivity contribution >= 4 is 0 Å². The quantitative estimate of drug-likeness (QED) is 0.159. The minimum absolute atomic E-state index is 0.622. The highest BCUT2D eigenvalue weighted by molar-refractivity contribution is 5.81. The first-order valence-electron chi connectivity index (χ1n) is 17.9. The van der Waals surface area contributed by atoms with E-state index < -0.39 is 0 Å². The molecule has 6 aromatic carbocycles. The lowest BCUT2D eigenvalue weighted by atomic mass is 9.95. The van der Waals surface area contributed by atoms with Crippen LogP contribution in [0.3, 0.4) is 0 Å². The average Bonchev–Trinajstić information content (AvgIpc) is 3.27. The Morgan fingerprint density at radius 3 is 1.15 bits per heavy atom. The molecule has 0 amide bonds. The van der Waals surface area contributed by atoms with Crippen LogP contribution < -0.4 is 0 Å². The van der Waals surface area contributed by atoms with E-state index in [1.165, 1.54) is 0 Å². The van der Waals surface area contributed by atoms with Gasteiger partial charge >= 0.3 is 0 Å². The maximum absolute atomic E-state index is 5.22. The fraction of sp³-hybridized carbons (Fsp3) is 0. The van der Waals surface area contributed by atoms with Crippen molar-refractivity contribution < 1.29 is 0 Å². The van der Waals surface area contributed by atoms with Gasteiger partial charge in [0.1, 0.15) is 0 Å². The Morgan fingerprint density at radius 2 is 0.593 bits per heavy atom. The molecule has 0 aliphatic carbocycles. The van der Waals surface area contributed by atoms with E-state index in [2.05, 4.69) is 114 Å². The molecule has 0 spiro atoms. The van der Waals surface area contributed by atoms with Crippen LogP contribution in [-0.2, 0) is 0 Å². The van der Waals surface area contributed by atoms with Gasteiger partial charge in [0.05, 0.1) is 11.4 Å². The highest BCUT2D eigenvalue weighted by Crippen LogP contribution is 2.35. The lowest BCUT2D eigenvalue weighted by molar-refractivity contribution is 1.07. The Balaban J connectivity index is 1.12. The third-order valence-corrected chi connectivity index (χ3v) is 9.42. The van der Waals surface area contributed by atoms with E-state index >= 15 is 0 Å². The van der Waals surface area contributed by atoms with E-state index in [9.17, 15) is 0 Å². The highest BCUT2D eigenvalue weighted by Gasteiger charge is 2.14. The van der Waals surface area contributed by atoms with Gasteiger partial charge in [-0.1, -0.05) is 146 Å². The van der Waals surface area contributed by atoms with Crippen molar-refractivity contribution in [3.05, 3.63) is 200 Å². The number of nitrogens with zero attached hydrogens (tertiary/aromatic N) is 5. The number of hydrogen-bond donors (Lipinski definition) is 0. The fourth-order valence-corrected chi connectivity index (χ4v) is 6.66. The molecule has 0 N–H and O–H groups in total. The van der Waals surface area contributed by atoms with Crippen molar-refractivity contribution in [2.75, 3.05) is 0 Å². The zero-order chi connectivity index (χ0) is 36.1. The number of hydrogen-bond acceptors (Lipinski definition) is 5. The van der Waals surface area contributed by atoms with E-state index in [0.29, 0.717) is 17.5 Å². The summed E-state index contributed by atoms with van der Waals surface area (Å²) < 4.78 is 0. The van der Waals surface area contributed by atoms with Gasteiger partial charge in [-0.2, -0.15) is 0 Å². The Bertz CT molecular complexity index is 2640. The number of benzene rings is 6. The number of pyridine rings is 2. The van der Waals surface area contributed by atoms with Crippen LogP contribution in [0.1, 0.15) is 0 Å². The molecule has 5 heteroatoms. The molecular formula is C49H33N5. The number of rotatable bonds is 8. The molecule has 0 bridgehead atoms. The van der Waals surface area contributed by atoms with E-state index in [4.69, 9.17) is 19.9 Å². The van der Waals surface area contributed by atoms with E-state index in [1.54, 1.807) is 0 Å². The first-order chi connectivity index (χ1) is 26.7. The van der Waals surface area contributed by atoms with Crippen LogP contribution in [0.25, 0.3) is 90.1 Å². The smallest absolute Gasteiger partial charge is 0.164 e. The second-order valence-corrected chi connectivity index (χ2v) is 13.0. The van der Waals surface area contributed by atoms with Gasteiger partial charge in [-0.25, -0.2) is 19.9 Å². The van der Waals surface area contributed by atoms with Crippen LogP contribution in [0.4, 0.5) is 0 Å². The van der Waals surface area contributed by atoms with Crippen LogP contribution in [0.15, 0.2) is 200 Å². The maximum Gasteiger partial charge on any atom is 0.164 e. The molecule has 0 atom stereocenters. The molecule has 0 aliphatic rings. The van der Waals surface area contributed by atoms with Crippen molar-refractivity contribution in [1.82, 2.24) is 24.9 Å². The van der Waals surface area contributed by atoms with Gasteiger partial charge in [0.15, 0.2) is 17.5 Å². The summed E-state index contributed by atoms with van der Waals surface area (Å²) >= 11 is 0. The molecule has 5 nitrogen and oxygen atoms in total. The van der Waals surface area contributed by atoms with Gasteiger partial charge < -0.3 is 0 Å². The molecular weight excluding hydrogens is 659 g/mol. The second-order valence-electron chi connectivity index (χ2n) is 13.0. The fourth-order valence-electron chi connectivity index (χ4n) is 6.66. The van der Waals surface area contributed by atoms with Gasteiger partial charge in [-0.15, -0.1) is 0 Å². The molecule has 254 valence electrons. The third kappa shape index (κ3) is 6.94. The zero-order valence-electron chi connectivity index (χ0n) is 29.3. The van der Waals surface area contributed by atoms with Crippen molar-refractivity contribution in [2.45, 2.75) is 0 Å². The molecule has 0 saturated carbocycles. The lowest BCUT2D eigenvalue weighted by Crippen LogP contribution is -2.00. The van der Waals surface area contributed by atoms with E-state index in [-0.39, 0.29) is 0 Å². The maximum atomic E-state index is 5.22. The minimum Gasteiger partial charge on any atom is -0.265 e. The van der Waals surface area contributed by atoms with Crippen molar-refractivity contribution in [3.8, 4) is 90.1 Å². The summed E-state index contributed by atoms with van der Waals surface area (Å²) in [7, 11) is 0. The summed E-state index contributed by atoms with van der Waals surface area (Å²) in [5.74, 6) is 1.90. The standard InChI is InChI=1S/C49H33N5/c1-4-13-35(14-5-1)45-32-44(41-22-10-19-38(29-41)34-25-27-50-28-26-34)33-46(51-45)42-23-11-20-39(30-42)40-21-12-24-43(31-40)49-53-47(36-15-6-2-7-16-36)52-48(54-49)37-17-8-3-9-18-37/h1-33H. The predicted octanol–water partition coefficient (Wildman–Crippen LogP) is 12.0. The summed E-state index contributed by atoms with van der Waals surface area (Å²) in [5.41, 5.74) is 13.3. The van der Waals surface area contributed by atoms with Gasteiger partial charge in [0.25, 0.3) is 0 Å². The second kappa shape index (κ2) is 14.7. The lowest BCUT2D eigenvalue weighted by Gasteiger charge is -2.13. The first-order valence-corrected chi connectivity index (χ1v) is 17.9. The molecule has 0 aliphatic heterocycles. The van der Waals surface area contributed by atoms with Crippen molar-refractivity contribution in [1.29, 1.82) is 0 Å². The monoisotopic (exact) mass is 691 g/mol. The van der Waals surface area contributed by atoms with Gasteiger partial charge in [0.2, 0.25) is 0 Å². The highest BCUT2D eigenvalue weighted by atomic mass is 15.0. The normalized spacial score (nSPS) is 11.0. The summed E-state index contributed by atoms with van der Waals surface area (Å²) in [6.07, 6.45) is 3.66. The third-order valence-electron chi connectivity index (χ3n) is 9.42. The first kappa shape index (κ1) is 32.5. The molecule has 54 heavy (non-hydrogen) atoms.